The molecule has 0 aromatic carbocycles. The molecule has 56 valence electrons. The molecule has 3 nitrogen and oxygen atoms in total. The maximum atomic E-state index is 6.96. The normalized spacial score (nSPS) is 8.50. The zero-order valence-electron chi connectivity index (χ0n) is 4.80. The van der Waals surface area contributed by atoms with Crippen molar-refractivity contribution in [2.45, 2.75) is 0 Å². The van der Waals surface area contributed by atoms with Crippen molar-refractivity contribution in [1.29, 1.82) is 5.41 Å². The summed E-state index contributed by atoms with van der Waals surface area (Å²) in [5.74, 6) is -0.0255. The van der Waals surface area contributed by atoms with Gasteiger partial charge >= 0.3 is 0 Å². The van der Waals surface area contributed by atoms with Gasteiger partial charge in [0.15, 0.2) is 5.15 Å². The van der Waals surface area contributed by atoms with E-state index >= 15 is 0 Å². The van der Waals surface area contributed by atoms with Crippen LogP contribution in [0.25, 0.3) is 0 Å². The summed E-state index contributed by atoms with van der Waals surface area (Å²) >= 11 is 6.78. The summed E-state index contributed by atoms with van der Waals surface area (Å²) in [4.78, 5) is 4.24. The highest BCUT2D eigenvalue weighted by molar-refractivity contribution is 7.12. The molecule has 0 unspecified atom stereocenters. The minimum atomic E-state index is -0.0255. The highest BCUT2D eigenvalue weighted by atomic mass is 35.5. The first-order chi connectivity index (χ1) is 4.22. The Labute approximate surface area is 73.1 Å². The standard InChI is InChI=1S/C4H4ClN3S.ClH/c5-3-2(4(6)7)9-1-8-3;/h1H,(H3,6,7);1H. The van der Waals surface area contributed by atoms with Crippen molar-refractivity contribution < 1.29 is 0 Å². The van der Waals surface area contributed by atoms with Gasteiger partial charge in [0.05, 0.1) is 5.51 Å². The number of nitrogens with two attached hydrogens (primary N) is 1. The zero-order chi connectivity index (χ0) is 6.85. The zero-order valence-corrected chi connectivity index (χ0v) is 7.19. The van der Waals surface area contributed by atoms with Gasteiger partial charge in [-0.1, -0.05) is 11.6 Å². The largest absolute Gasteiger partial charge is 0.383 e. The Morgan fingerprint density at radius 1 is 1.80 bits per heavy atom. The molecule has 10 heavy (non-hydrogen) atoms. The summed E-state index contributed by atoms with van der Waals surface area (Å²) < 4.78 is 0. The molecule has 0 bridgehead atoms. The van der Waals surface area contributed by atoms with Crippen LogP contribution in [-0.4, -0.2) is 10.8 Å². The van der Waals surface area contributed by atoms with Crippen LogP contribution >= 0.6 is 35.3 Å². The van der Waals surface area contributed by atoms with Crippen LogP contribution in [0.4, 0.5) is 0 Å². The summed E-state index contributed by atoms with van der Waals surface area (Å²) in [5, 5.41) is 7.27. The second-order valence-corrected chi connectivity index (χ2v) is 2.60. The summed E-state index contributed by atoms with van der Waals surface area (Å²) in [6, 6.07) is 0. The van der Waals surface area contributed by atoms with Gasteiger partial charge in [-0.05, 0) is 0 Å². The van der Waals surface area contributed by atoms with Gasteiger partial charge in [0.1, 0.15) is 10.7 Å². The third kappa shape index (κ3) is 1.83. The molecule has 1 heterocycles. The first-order valence-electron chi connectivity index (χ1n) is 2.15. The fourth-order valence-corrected chi connectivity index (χ4v) is 1.29. The second-order valence-electron chi connectivity index (χ2n) is 1.39. The lowest BCUT2D eigenvalue weighted by Crippen LogP contribution is -2.09. The number of nitrogens with one attached hydrogen (secondary N) is 1. The predicted octanol–water partition coefficient (Wildman–Crippen LogP) is 1.50. The third-order valence-corrected chi connectivity index (χ3v) is 2.03. The molecule has 0 aliphatic heterocycles. The Morgan fingerprint density at radius 3 is 2.60 bits per heavy atom. The Kier molecular flexibility index (Phi) is 3.63. The maximum Gasteiger partial charge on any atom is 0.150 e. The van der Waals surface area contributed by atoms with Crippen molar-refractivity contribution in [2.24, 2.45) is 5.73 Å². The number of hydrogen-bond donors (Lipinski definition) is 2. The Bertz CT molecular complexity index is 234. The molecule has 0 saturated carbocycles. The number of nitrogen functional groups attached to an aromatic ring is 1. The van der Waals surface area contributed by atoms with E-state index in [4.69, 9.17) is 22.7 Å². The van der Waals surface area contributed by atoms with Gasteiger partial charge in [-0.3, -0.25) is 5.41 Å². The van der Waals surface area contributed by atoms with E-state index in [1.807, 2.05) is 0 Å². The van der Waals surface area contributed by atoms with Crippen molar-refractivity contribution in [1.82, 2.24) is 4.98 Å². The summed E-state index contributed by atoms with van der Waals surface area (Å²) in [6.45, 7) is 0. The molecule has 0 aliphatic rings. The van der Waals surface area contributed by atoms with E-state index in [1.54, 1.807) is 5.51 Å². The molecule has 0 aliphatic carbocycles. The van der Waals surface area contributed by atoms with Crippen LogP contribution < -0.4 is 5.73 Å². The molecule has 0 radical (unpaired) electrons. The van der Waals surface area contributed by atoms with E-state index in [0.29, 0.717) is 10.0 Å². The second kappa shape index (κ2) is 3.75. The van der Waals surface area contributed by atoms with Gasteiger partial charge < -0.3 is 5.73 Å². The lowest BCUT2D eigenvalue weighted by atomic mass is 10.5. The first kappa shape index (κ1) is 9.68. The van der Waals surface area contributed by atoms with Gasteiger partial charge in [0.25, 0.3) is 0 Å². The topological polar surface area (TPSA) is 62.8 Å². The van der Waals surface area contributed by atoms with Crippen molar-refractivity contribution in [3.63, 3.8) is 0 Å². The van der Waals surface area contributed by atoms with Crippen LogP contribution in [0.15, 0.2) is 5.51 Å². The number of rotatable bonds is 1. The molecule has 0 saturated heterocycles. The van der Waals surface area contributed by atoms with Gasteiger partial charge in [-0.25, -0.2) is 4.98 Å². The van der Waals surface area contributed by atoms with E-state index in [2.05, 4.69) is 4.98 Å². The molecular weight excluding hydrogens is 193 g/mol. The average molecular weight is 198 g/mol. The molecular formula is C4H5Cl2N3S. The van der Waals surface area contributed by atoms with Crippen LogP contribution in [0, 0.1) is 5.41 Å². The average Bonchev–Trinajstić information content (AvgIpc) is 2.13. The number of nitrogens with zero attached hydrogens (tertiary/aromatic N) is 1. The maximum absolute atomic E-state index is 6.96. The molecule has 6 heteroatoms. The number of hydrogen-bond acceptors (Lipinski definition) is 3. The van der Waals surface area contributed by atoms with E-state index in [9.17, 15) is 0 Å². The van der Waals surface area contributed by atoms with Crippen molar-refractivity contribution >= 4 is 41.2 Å². The monoisotopic (exact) mass is 197 g/mol. The van der Waals surface area contributed by atoms with Crippen LogP contribution in [0.1, 0.15) is 4.88 Å². The van der Waals surface area contributed by atoms with Crippen molar-refractivity contribution in [3.05, 3.63) is 15.5 Å². The van der Waals surface area contributed by atoms with Crippen LogP contribution in [0.2, 0.25) is 5.15 Å². The molecule has 0 amide bonds. The Morgan fingerprint density at radius 2 is 2.40 bits per heavy atom. The fraction of sp³-hybridized carbons (Fsp3) is 0. The van der Waals surface area contributed by atoms with Gasteiger partial charge in [-0.2, -0.15) is 0 Å². The lowest BCUT2D eigenvalue weighted by Gasteiger charge is -1.87. The summed E-state index contributed by atoms with van der Waals surface area (Å²) in [5.41, 5.74) is 6.68. The number of amidine groups is 1. The molecule has 0 spiro atoms. The minimum absolute atomic E-state index is 0. The van der Waals surface area contributed by atoms with Gasteiger partial charge in [0, 0.05) is 0 Å². The van der Waals surface area contributed by atoms with E-state index in [1.165, 1.54) is 11.3 Å². The van der Waals surface area contributed by atoms with E-state index in [0.717, 1.165) is 0 Å². The highest BCUT2D eigenvalue weighted by Gasteiger charge is 2.03. The van der Waals surface area contributed by atoms with Gasteiger partial charge in [-0.15, -0.1) is 23.7 Å². The number of halogens is 2. The molecule has 0 fully saturated rings. The number of thiazole rings is 1. The SMILES string of the molecule is Cl.N=C(N)c1scnc1Cl. The summed E-state index contributed by atoms with van der Waals surface area (Å²) in [6.07, 6.45) is 0. The lowest BCUT2D eigenvalue weighted by molar-refractivity contribution is 1.39. The molecule has 0 atom stereocenters. The molecule has 3 N–H and O–H groups in total. The minimum Gasteiger partial charge on any atom is -0.383 e. The smallest absolute Gasteiger partial charge is 0.150 e. The van der Waals surface area contributed by atoms with Crippen LogP contribution in [-0.2, 0) is 0 Å². The van der Waals surface area contributed by atoms with E-state index in [-0.39, 0.29) is 18.2 Å². The Balaban J connectivity index is 0.000000810. The third-order valence-electron chi connectivity index (χ3n) is 0.769. The number of aromatic nitrogens is 1. The van der Waals surface area contributed by atoms with Crippen molar-refractivity contribution in [2.75, 3.05) is 0 Å². The highest BCUT2D eigenvalue weighted by Crippen LogP contribution is 2.16. The van der Waals surface area contributed by atoms with Crippen LogP contribution in [0.3, 0.4) is 0 Å². The van der Waals surface area contributed by atoms with Gasteiger partial charge in [0.2, 0.25) is 0 Å². The summed E-state index contributed by atoms with van der Waals surface area (Å²) in [7, 11) is 0. The molecule has 1 aromatic heterocycles. The fourth-order valence-electron chi connectivity index (χ4n) is 0.407. The van der Waals surface area contributed by atoms with E-state index < -0.39 is 0 Å². The molecule has 1 rings (SSSR count). The quantitative estimate of drug-likeness (QED) is 0.530. The van der Waals surface area contributed by atoms with Crippen LogP contribution in [0.5, 0.6) is 0 Å². The predicted molar refractivity (Wildman–Crippen MR) is 45.4 cm³/mol. The van der Waals surface area contributed by atoms with Crippen molar-refractivity contribution in [3.8, 4) is 0 Å². The Hall–Kier alpha value is -0.320. The first-order valence-corrected chi connectivity index (χ1v) is 3.41. The molecule has 1 aromatic rings.